The zero-order chi connectivity index (χ0) is 13.1. The number of thiocarbonyl (C=S) groups is 1. The topological polar surface area (TPSA) is 44.5 Å². The second kappa shape index (κ2) is 5.58. The van der Waals surface area contributed by atoms with E-state index in [2.05, 4.69) is 12.2 Å². The SMILES string of the molecule is NC(=S)c1cc(F)c(OCC2CCCO2)c(F)c1. The minimum absolute atomic E-state index is 0.0570. The van der Waals surface area contributed by atoms with Crippen LogP contribution in [0.15, 0.2) is 12.1 Å². The van der Waals surface area contributed by atoms with Crippen LogP contribution in [0.25, 0.3) is 0 Å². The minimum atomic E-state index is -0.809. The summed E-state index contributed by atoms with van der Waals surface area (Å²) in [5.41, 5.74) is 5.46. The first-order valence-corrected chi connectivity index (χ1v) is 6.02. The van der Waals surface area contributed by atoms with Crippen LogP contribution >= 0.6 is 12.2 Å². The number of hydrogen-bond acceptors (Lipinski definition) is 3. The molecule has 98 valence electrons. The third-order valence-corrected chi connectivity index (χ3v) is 2.96. The smallest absolute Gasteiger partial charge is 0.190 e. The Labute approximate surface area is 109 Å². The van der Waals surface area contributed by atoms with Crippen molar-refractivity contribution >= 4 is 17.2 Å². The van der Waals surface area contributed by atoms with Crippen molar-refractivity contribution in [2.24, 2.45) is 5.73 Å². The fourth-order valence-corrected chi connectivity index (χ4v) is 1.91. The van der Waals surface area contributed by atoms with Crippen LogP contribution in [0.3, 0.4) is 0 Å². The average Bonchev–Trinajstić information content (AvgIpc) is 2.80. The Morgan fingerprint density at radius 2 is 2.11 bits per heavy atom. The molecule has 0 saturated carbocycles. The Bertz CT molecular complexity index is 438. The van der Waals surface area contributed by atoms with Gasteiger partial charge in [-0.1, -0.05) is 12.2 Å². The highest BCUT2D eigenvalue weighted by Gasteiger charge is 2.19. The van der Waals surface area contributed by atoms with Crippen molar-refractivity contribution in [3.8, 4) is 5.75 Å². The highest BCUT2D eigenvalue weighted by Crippen LogP contribution is 2.24. The van der Waals surface area contributed by atoms with Crippen molar-refractivity contribution < 1.29 is 18.3 Å². The van der Waals surface area contributed by atoms with Gasteiger partial charge in [-0.15, -0.1) is 0 Å². The fourth-order valence-electron chi connectivity index (χ4n) is 1.79. The van der Waals surface area contributed by atoms with E-state index in [1.165, 1.54) is 0 Å². The number of benzene rings is 1. The maximum absolute atomic E-state index is 13.6. The highest BCUT2D eigenvalue weighted by molar-refractivity contribution is 7.80. The lowest BCUT2D eigenvalue weighted by molar-refractivity contribution is 0.0650. The summed E-state index contributed by atoms with van der Waals surface area (Å²) in [6, 6.07) is 2.13. The standard InChI is InChI=1S/C12H13F2NO2S/c13-9-4-7(12(15)18)5-10(14)11(9)17-6-8-2-1-3-16-8/h4-5,8H,1-3,6H2,(H2,15,18). The van der Waals surface area contributed by atoms with Gasteiger partial charge < -0.3 is 15.2 Å². The van der Waals surface area contributed by atoms with Crippen molar-refractivity contribution in [1.82, 2.24) is 0 Å². The number of halogens is 2. The van der Waals surface area contributed by atoms with Crippen LogP contribution in [0.5, 0.6) is 5.75 Å². The molecule has 1 saturated heterocycles. The first-order valence-electron chi connectivity index (χ1n) is 5.61. The van der Waals surface area contributed by atoms with E-state index in [0.29, 0.717) is 6.61 Å². The largest absolute Gasteiger partial charge is 0.485 e. The van der Waals surface area contributed by atoms with Crippen molar-refractivity contribution in [3.05, 3.63) is 29.3 Å². The van der Waals surface area contributed by atoms with E-state index in [9.17, 15) is 8.78 Å². The molecule has 0 radical (unpaired) electrons. The Balaban J connectivity index is 2.10. The van der Waals surface area contributed by atoms with Gasteiger partial charge in [-0.3, -0.25) is 0 Å². The molecule has 0 aromatic heterocycles. The van der Waals surface area contributed by atoms with Crippen LogP contribution in [-0.4, -0.2) is 24.3 Å². The summed E-state index contributed by atoms with van der Waals surface area (Å²) in [6.45, 7) is 0.805. The first kappa shape index (κ1) is 13.2. The van der Waals surface area contributed by atoms with Gasteiger partial charge in [-0.2, -0.15) is 0 Å². The molecule has 0 spiro atoms. The third kappa shape index (κ3) is 2.94. The van der Waals surface area contributed by atoms with E-state index >= 15 is 0 Å². The van der Waals surface area contributed by atoms with Gasteiger partial charge in [0.15, 0.2) is 17.4 Å². The van der Waals surface area contributed by atoms with Crippen molar-refractivity contribution in [2.45, 2.75) is 18.9 Å². The summed E-state index contributed by atoms with van der Waals surface area (Å²) in [4.78, 5) is -0.0570. The summed E-state index contributed by atoms with van der Waals surface area (Å²) in [6.07, 6.45) is 1.69. The molecule has 3 nitrogen and oxygen atoms in total. The van der Waals surface area contributed by atoms with Gasteiger partial charge in [0.1, 0.15) is 11.6 Å². The Morgan fingerprint density at radius 1 is 1.44 bits per heavy atom. The van der Waals surface area contributed by atoms with Gasteiger partial charge >= 0.3 is 0 Å². The molecule has 18 heavy (non-hydrogen) atoms. The van der Waals surface area contributed by atoms with Gasteiger partial charge in [0, 0.05) is 12.2 Å². The maximum atomic E-state index is 13.6. The summed E-state index contributed by atoms with van der Waals surface area (Å²) < 4.78 is 37.7. The van der Waals surface area contributed by atoms with Gasteiger partial charge in [0.05, 0.1) is 6.10 Å². The van der Waals surface area contributed by atoms with Crippen LogP contribution in [0.2, 0.25) is 0 Å². The summed E-state index contributed by atoms with van der Waals surface area (Å²) in [5, 5.41) is 0. The molecule has 0 aliphatic carbocycles. The zero-order valence-electron chi connectivity index (χ0n) is 9.62. The molecule has 2 N–H and O–H groups in total. The van der Waals surface area contributed by atoms with Gasteiger partial charge in [-0.05, 0) is 25.0 Å². The lowest BCUT2D eigenvalue weighted by atomic mass is 10.2. The van der Waals surface area contributed by atoms with Crippen LogP contribution in [0.4, 0.5) is 8.78 Å². The molecule has 2 rings (SSSR count). The van der Waals surface area contributed by atoms with E-state index in [4.69, 9.17) is 15.2 Å². The molecule has 1 aliphatic heterocycles. The number of nitrogens with two attached hydrogens (primary N) is 1. The molecule has 1 fully saturated rings. The van der Waals surface area contributed by atoms with Gasteiger partial charge in [-0.25, -0.2) is 8.78 Å². The minimum Gasteiger partial charge on any atom is -0.485 e. The number of hydrogen-bond donors (Lipinski definition) is 1. The second-order valence-electron chi connectivity index (χ2n) is 4.08. The van der Waals surface area contributed by atoms with Crippen molar-refractivity contribution in [2.75, 3.05) is 13.2 Å². The molecule has 1 aromatic rings. The third-order valence-electron chi connectivity index (χ3n) is 2.72. The molecule has 0 bridgehead atoms. The van der Waals surface area contributed by atoms with Crippen LogP contribution in [-0.2, 0) is 4.74 Å². The fraction of sp³-hybridized carbons (Fsp3) is 0.417. The predicted octanol–water partition coefficient (Wildman–Crippen LogP) is 2.16. The lowest BCUT2D eigenvalue weighted by Crippen LogP contribution is -2.18. The Hall–Kier alpha value is -1.27. The quantitative estimate of drug-likeness (QED) is 0.854. The number of ether oxygens (including phenoxy) is 2. The average molecular weight is 273 g/mol. The molecule has 1 unspecified atom stereocenters. The van der Waals surface area contributed by atoms with Crippen LogP contribution < -0.4 is 10.5 Å². The molecule has 6 heteroatoms. The monoisotopic (exact) mass is 273 g/mol. The van der Waals surface area contributed by atoms with Crippen molar-refractivity contribution in [1.29, 1.82) is 0 Å². The molecule has 1 heterocycles. The van der Waals surface area contributed by atoms with Crippen LogP contribution in [0, 0.1) is 11.6 Å². The Morgan fingerprint density at radius 3 is 2.61 bits per heavy atom. The lowest BCUT2D eigenvalue weighted by Gasteiger charge is -2.13. The van der Waals surface area contributed by atoms with E-state index in [-0.39, 0.29) is 23.3 Å². The molecule has 1 atom stereocenters. The van der Waals surface area contributed by atoms with E-state index < -0.39 is 17.4 Å². The summed E-state index contributed by atoms with van der Waals surface area (Å²) >= 11 is 4.66. The zero-order valence-corrected chi connectivity index (χ0v) is 10.4. The first-order chi connectivity index (χ1) is 8.58. The molecule has 0 amide bonds. The van der Waals surface area contributed by atoms with E-state index in [0.717, 1.165) is 25.0 Å². The molecule has 1 aromatic carbocycles. The van der Waals surface area contributed by atoms with E-state index in [1.54, 1.807) is 0 Å². The van der Waals surface area contributed by atoms with Gasteiger partial charge in [0.25, 0.3) is 0 Å². The number of rotatable bonds is 4. The Kier molecular flexibility index (Phi) is 4.08. The normalized spacial score (nSPS) is 18.9. The molecular formula is C12H13F2NO2S. The van der Waals surface area contributed by atoms with Crippen LogP contribution in [0.1, 0.15) is 18.4 Å². The molecular weight excluding hydrogens is 260 g/mol. The maximum Gasteiger partial charge on any atom is 0.190 e. The van der Waals surface area contributed by atoms with E-state index in [1.807, 2.05) is 0 Å². The van der Waals surface area contributed by atoms with Gasteiger partial charge in [0.2, 0.25) is 0 Å². The summed E-state index contributed by atoms with van der Waals surface area (Å²) in [5.74, 6) is -2.03. The molecule has 1 aliphatic rings. The predicted molar refractivity (Wildman–Crippen MR) is 66.7 cm³/mol. The van der Waals surface area contributed by atoms with Crippen molar-refractivity contribution in [3.63, 3.8) is 0 Å². The highest BCUT2D eigenvalue weighted by atomic mass is 32.1. The summed E-state index contributed by atoms with van der Waals surface area (Å²) in [7, 11) is 0. The second-order valence-corrected chi connectivity index (χ2v) is 4.52.